The lowest BCUT2D eigenvalue weighted by Gasteiger charge is -2.19. The molecule has 1 amide bonds. The molecule has 0 spiro atoms. The first-order valence-corrected chi connectivity index (χ1v) is 9.55. The van der Waals surface area contributed by atoms with E-state index in [4.69, 9.17) is 14.2 Å². The van der Waals surface area contributed by atoms with Crippen LogP contribution >= 0.6 is 11.3 Å². The van der Waals surface area contributed by atoms with Gasteiger partial charge in [-0.2, -0.15) is 0 Å². The smallest absolute Gasteiger partial charge is 0.307 e. The first kappa shape index (κ1) is 20.6. The Morgan fingerprint density at radius 3 is 2.48 bits per heavy atom. The van der Waals surface area contributed by atoms with Gasteiger partial charge in [0.1, 0.15) is 5.82 Å². The van der Waals surface area contributed by atoms with Gasteiger partial charge in [-0.25, -0.2) is 4.39 Å². The van der Waals surface area contributed by atoms with E-state index in [1.807, 2.05) is 0 Å². The van der Waals surface area contributed by atoms with Gasteiger partial charge in [0.25, 0.3) is 5.91 Å². The summed E-state index contributed by atoms with van der Waals surface area (Å²) in [4.78, 5) is 25.1. The summed E-state index contributed by atoms with van der Waals surface area (Å²) in [6.45, 7) is 0. The highest BCUT2D eigenvalue weighted by Gasteiger charge is 2.22. The number of benzene rings is 2. The number of fused-ring (bicyclic) bond motifs is 1. The van der Waals surface area contributed by atoms with Gasteiger partial charge in [0.15, 0.2) is 11.5 Å². The van der Waals surface area contributed by atoms with Crippen LogP contribution in [0.3, 0.4) is 0 Å². The van der Waals surface area contributed by atoms with Gasteiger partial charge in [0.05, 0.1) is 38.7 Å². The number of amides is 1. The molecular weight excluding hydrogens is 397 g/mol. The molecule has 0 aliphatic heterocycles. The predicted octanol–water partition coefficient (Wildman–Crippen LogP) is 4.09. The van der Waals surface area contributed by atoms with Gasteiger partial charge in [0, 0.05) is 4.70 Å². The molecule has 0 aliphatic rings. The average molecular weight is 417 g/mol. The lowest BCUT2D eigenvalue weighted by molar-refractivity contribution is -0.141. The summed E-state index contributed by atoms with van der Waals surface area (Å²) in [6.07, 6.45) is -0.0583. The van der Waals surface area contributed by atoms with Crippen LogP contribution in [0.1, 0.15) is 27.7 Å². The Labute approximate surface area is 171 Å². The van der Waals surface area contributed by atoms with Crippen molar-refractivity contribution < 1.29 is 28.2 Å². The van der Waals surface area contributed by atoms with Gasteiger partial charge < -0.3 is 19.5 Å². The molecule has 2 aromatic carbocycles. The minimum atomic E-state index is -0.642. The summed E-state index contributed by atoms with van der Waals surface area (Å²) in [5, 5.41) is 3.51. The molecule has 1 atom stereocenters. The number of hydrogen-bond donors (Lipinski definition) is 1. The van der Waals surface area contributed by atoms with Crippen LogP contribution in [0.2, 0.25) is 0 Å². The molecule has 0 radical (unpaired) electrons. The fraction of sp³-hybridized carbons (Fsp3) is 0.238. The number of carbonyl (C=O) groups is 2. The van der Waals surface area contributed by atoms with E-state index in [2.05, 4.69) is 5.32 Å². The van der Waals surface area contributed by atoms with Crippen molar-refractivity contribution in [1.29, 1.82) is 0 Å². The highest BCUT2D eigenvalue weighted by molar-refractivity contribution is 7.20. The molecule has 0 aliphatic carbocycles. The van der Waals surface area contributed by atoms with Crippen molar-refractivity contribution in [2.75, 3.05) is 21.3 Å². The van der Waals surface area contributed by atoms with E-state index in [-0.39, 0.29) is 18.1 Å². The maximum absolute atomic E-state index is 13.4. The van der Waals surface area contributed by atoms with E-state index in [9.17, 15) is 14.0 Å². The minimum absolute atomic E-state index is 0.0583. The minimum Gasteiger partial charge on any atom is -0.493 e. The third-order valence-electron chi connectivity index (χ3n) is 4.42. The Morgan fingerprint density at radius 1 is 1.03 bits per heavy atom. The zero-order chi connectivity index (χ0) is 21.0. The maximum atomic E-state index is 13.4. The SMILES string of the molecule is COC(=O)CC(NC(=O)c1cc2cc(F)ccc2s1)c1ccc(OC)c(OC)c1. The van der Waals surface area contributed by atoms with E-state index < -0.39 is 12.0 Å². The van der Waals surface area contributed by atoms with Crippen molar-refractivity contribution in [3.05, 3.63) is 58.7 Å². The molecule has 8 heteroatoms. The molecule has 0 saturated heterocycles. The lowest BCUT2D eigenvalue weighted by Crippen LogP contribution is -2.30. The van der Waals surface area contributed by atoms with Crippen molar-refractivity contribution >= 4 is 33.3 Å². The summed E-state index contributed by atoms with van der Waals surface area (Å²) >= 11 is 1.25. The summed E-state index contributed by atoms with van der Waals surface area (Å²) < 4.78 is 29.5. The van der Waals surface area contributed by atoms with Crippen molar-refractivity contribution in [1.82, 2.24) is 5.32 Å². The molecule has 6 nitrogen and oxygen atoms in total. The average Bonchev–Trinajstić information content (AvgIpc) is 3.15. The summed E-state index contributed by atoms with van der Waals surface area (Å²) in [6, 6.07) is 10.5. The molecule has 0 fully saturated rings. The molecule has 152 valence electrons. The van der Waals surface area contributed by atoms with E-state index in [1.165, 1.54) is 44.8 Å². The Hall–Kier alpha value is -3.13. The van der Waals surface area contributed by atoms with Gasteiger partial charge in [0.2, 0.25) is 0 Å². The molecular formula is C21H20FNO5S. The third kappa shape index (κ3) is 4.65. The van der Waals surface area contributed by atoms with Crippen LogP contribution in [0.25, 0.3) is 10.1 Å². The van der Waals surface area contributed by atoms with Crippen molar-refractivity contribution in [2.24, 2.45) is 0 Å². The van der Waals surface area contributed by atoms with Crippen molar-refractivity contribution in [3.8, 4) is 11.5 Å². The predicted molar refractivity (Wildman–Crippen MR) is 108 cm³/mol. The Bertz CT molecular complexity index is 1050. The van der Waals surface area contributed by atoms with E-state index in [0.717, 1.165) is 4.70 Å². The van der Waals surface area contributed by atoms with E-state index in [0.29, 0.717) is 27.3 Å². The van der Waals surface area contributed by atoms with Crippen LogP contribution in [-0.2, 0) is 9.53 Å². The number of nitrogens with one attached hydrogen (secondary N) is 1. The summed E-state index contributed by atoms with van der Waals surface area (Å²) in [5.41, 5.74) is 0.661. The number of esters is 1. The van der Waals surface area contributed by atoms with Crippen LogP contribution in [0.4, 0.5) is 4.39 Å². The summed E-state index contributed by atoms with van der Waals surface area (Å²) in [5.74, 6) is -0.188. The Balaban J connectivity index is 1.90. The highest BCUT2D eigenvalue weighted by Crippen LogP contribution is 2.32. The molecule has 1 unspecified atom stereocenters. The summed E-state index contributed by atoms with van der Waals surface area (Å²) in [7, 11) is 4.32. The number of methoxy groups -OCH3 is 3. The van der Waals surface area contributed by atoms with Crippen LogP contribution in [0.5, 0.6) is 11.5 Å². The highest BCUT2D eigenvalue weighted by atomic mass is 32.1. The quantitative estimate of drug-likeness (QED) is 0.586. The van der Waals surface area contributed by atoms with Gasteiger partial charge >= 0.3 is 5.97 Å². The zero-order valence-corrected chi connectivity index (χ0v) is 17.0. The molecule has 3 rings (SSSR count). The first-order chi connectivity index (χ1) is 13.9. The number of hydrogen-bond acceptors (Lipinski definition) is 6. The third-order valence-corrected chi connectivity index (χ3v) is 5.53. The van der Waals surface area contributed by atoms with Crippen molar-refractivity contribution in [3.63, 3.8) is 0 Å². The van der Waals surface area contributed by atoms with Crippen LogP contribution in [-0.4, -0.2) is 33.2 Å². The second kappa shape index (κ2) is 8.91. The largest absolute Gasteiger partial charge is 0.493 e. The molecule has 1 N–H and O–H groups in total. The molecule has 1 aromatic heterocycles. The van der Waals surface area contributed by atoms with Gasteiger partial charge in [-0.15, -0.1) is 11.3 Å². The van der Waals surface area contributed by atoms with Crippen LogP contribution in [0, 0.1) is 5.82 Å². The zero-order valence-electron chi connectivity index (χ0n) is 16.2. The first-order valence-electron chi connectivity index (χ1n) is 8.74. The Morgan fingerprint density at radius 2 is 1.79 bits per heavy atom. The lowest BCUT2D eigenvalue weighted by atomic mass is 10.0. The number of halogens is 1. The fourth-order valence-electron chi connectivity index (χ4n) is 2.93. The Kier molecular flexibility index (Phi) is 6.33. The molecule has 1 heterocycles. The van der Waals surface area contributed by atoms with Crippen LogP contribution in [0.15, 0.2) is 42.5 Å². The number of rotatable bonds is 7. The molecule has 0 saturated carbocycles. The fourth-order valence-corrected chi connectivity index (χ4v) is 3.87. The number of carbonyl (C=O) groups excluding carboxylic acids is 2. The molecule has 29 heavy (non-hydrogen) atoms. The second-order valence-corrected chi connectivity index (χ2v) is 7.30. The molecule has 0 bridgehead atoms. The van der Waals surface area contributed by atoms with Gasteiger partial charge in [-0.3, -0.25) is 9.59 Å². The number of thiophene rings is 1. The van der Waals surface area contributed by atoms with E-state index in [1.54, 1.807) is 30.3 Å². The standard InChI is InChI=1S/C21H20FNO5S/c1-26-16-6-4-12(9-17(16)27-2)15(11-20(24)28-3)23-21(25)19-10-13-8-14(22)5-7-18(13)29-19/h4-10,15H,11H2,1-3H3,(H,23,25). The monoisotopic (exact) mass is 417 g/mol. The second-order valence-electron chi connectivity index (χ2n) is 6.21. The van der Waals surface area contributed by atoms with E-state index >= 15 is 0 Å². The number of ether oxygens (including phenoxy) is 3. The van der Waals surface area contributed by atoms with Gasteiger partial charge in [-0.05, 0) is 47.3 Å². The van der Waals surface area contributed by atoms with Crippen LogP contribution < -0.4 is 14.8 Å². The normalized spacial score (nSPS) is 11.7. The van der Waals surface area contributed by atoms with Gasteiger partial charge in [-0.1, -0.05) is 6.07 Å². The molecule has 3 aromatic rings. The maximum Gasteiger partial charge on any atom is 0.307 e. The van der Waals surface area contributed by atoms with Crippen molar-refractivity contribution in [2.45, 2.75) is 12.5 Å². The topological polar surface area (TPSA) is 73.9 Å².